The fraction of sp³-hybridized carbons (Fsp3) is 0.316. The number of nitro groups is 1. The van der Waals surface area contributed by atoms with E-state index in [2.05, 4.69) is 21.2 Å². The number of ether oxygens (including phenoxy) is 1. The molecule has 2 heterocycles. The predicted molar refractivity (Wildman–Crippen MR) is 113 cm³/mol. The van der Waals surface area contributed by atoms with Crippen LogP contribution in [-0.2, 0) is 14.3 Å². The third kappa shape index (κ3) is 5.42. The molecule has 30 heavy (non-hydrogen) atoms. The molecule has 0 radical (unpaired) electrons. The van der Waals surface area contributed by atoms with Crippen LogP contribution in [0, 0.1) is 16.0 Å². The highest BCUT2D eigenvalue weighted by molar-refractivity contribution is 9.10. The molecule has 1 aromatic carbocycles. The molecule has 1 N–H and O–H groups in total. The molecule has 9 nitrogen and oxygen atoms in total. The van der Waals surface area contributed by atoms with Crippen LogP contribution in [0.2, 0.25) is 0 Å². The monoisotopic (exact) mass is 495 g/mol. The van der Waals surface area contributed by atoms with Crippen molar-refractivity contribution in [1.82, 2.24) is 4.90 Å². The van der Waals surface area contributed by atoms with Crippen molar-refractivity contribution in [2.45, 2.75) is 12.8 Å². The van der Waals surface area contributed by atoms with Crippen LogP contribution in [0.4, 0.5) is 11.4 Å². The molecular formula is C19H18BrN3O6S. The number of benzene rings is 1. The molecule has 3 rings (SSSR count). The Kier molecular flexibility index (Phi) is 7.16. The number of nitro benzene ring substituents is 1. The minimum absolute atomic E-state index is 0.0372. The second-order valence-corrected chi connectivity index (χ2v) is 8.42. The number of carbonyl (C=O) groups excluding carboxylic acids is 3. The summed E-state index contributed by atoms with van der Waals surface area (Å²) < 4.78 is 5.46. The van der Waals surface area contributed by atoms with Crippen LogP contribution in [0.3, 0.4) is 0 Å². The van der Waals surface area contributed by atoms with E-state index in [1.165, 1.54) is 29.5 Å². The summed E-state index contributed by atoms with van der Waals surface area (Å²) in [4.78, 5) is 49.2. The quantitative estimate of drug-likeness (QED) is 0.372. The Morgan fingerprint density at radius 1 is 1.27 bits per heavy atom. The zero-order valence-electron chi connectivity index (χ0n) is 15.7. The lowest BCUT2D eigenvalue weighted by Gasteiger charge is -2.30. The number of piperidine rings is 1. The van der Waals surface area contributed by atoms with Gasteiger partial charge in [-0.3, -0.25) is 24.5 Å². The number of non-ortho nitro benzene ring substituents is 1. The fourth-order valence-corrected chi connectivity index (χ4v) is 4.19. The maximum atomic E-state index is 12.3. The van der Waals surface area contributed by atoms with Gasteiger partial charge in [-0.1, -0.05) is 6.07 Å². The number of hydrogen-bond acceptors (Lipinski definition) is 7. The molecule has 0 aliphatic carbocycles. The number of nitrogens with zero attached hydrogens (tertiary/aromatic N) is 2. The summed E-state index contributed by atoms with van der Waals surface area (Å²) in [6.07, 6.45) is 0.955. The molecule has 0 atom stereocenters. The van der Waals surface area contributed by atoms with E-state index in [9.17, 15) is 24.5 Å². The van der Waals surface area contributed by atoms with Crippen molar-refractivity contribution < 1.29 is 24.0 Å². The third-order valence-corrected chi connectivity index (χ3v) is 6.14. The van der Waals surface area contributed by atoms with E-state index in [1.807, 2.05) is 11.4 Å². The van der Waals surface area contributed by atoms with Crippen molar-refractivity contribution in [2.75, 3.05) is 25.0 Å². The van der Waals surface area contributed by atoms with Gasteiger partial charge in [0.05, 0.1) is 21.4 Å². The highest BCUT2D eigenvalue weighted by Gasteiger charge is 2.29. The summed E-state index contributed by atoms with van der Waals surface area (Å²) in [7, 11) is 0. The Morgan fingerprint density at radius 3 is 2.60 bits per heavy atom. The summed E-state index contributed by atoms with van der Waals surface area (Å²) in [5, 5.41) is 15.1. The zero-order valence-corrected chi connectivity index (χ0v) is 18.1. The molecule has 0 saturated carbocycles. The first kappa shape index (κ1) is 21.9. The molecule has 11 heteroatoms. The van der Waals surface area contributed by atoms with E-state index in [0.717, 1.165) is 0 Å². The lowest BCUT2D eigenvalue weighted by molar-refractivity contribution is -0.384. The van der Waals surface area contributed by atoms with Crippen LogP contribution in [0.15, 0.2) is 40.2 Å². The molecule has 1 aliphatic heterocycles. The predicted octanol–water partition coefficient (Wildman–Crippen LogP) is 3.45. The van der Waals surface area contributed by atoms with Gasteiger partial charge in [-0.2, -0.15) is 0 Å². The first-order chi connectivity index (χ1) is 14.3. The topological polar surface area (TPSA) is 119 Å². The Morgan fingerprint density at radius 2 is 2.00 bits per heavy atom. The van der Waals surface area contributed by atoms with Crippen molar-refractivity contribution in [1.29, 1.82) is 0 Å². The Labute approximate surface area is 184 Å². The lowest BCUT2D eigenvalue weighted by Crippen LogP contribution is -2.40. The van der Waals surface area contributed by atoms with Crippen molar-refractivity contribution >= 4 is 56.4 Å². The number of hydrogen-bond donors (Lipinski definition) is 1. The summed E-state index contributed by atoms with van der Waals surface area (Å²) in [5.41, 5.74) is 0.220. The molecule has 2 aromatic rings. The van der Waals surface area contributed by atoms with Crippen molar-refractivity contribution in [3.05, 3.63) is 55.2 Å². The Bertz CT molecular complexity index is 957. The molecular weight excluding hydrogens is 478 g/mol. The maximum absolute atomic E-state index is 12.3. The van der Waals surface area contributed by atoms with Crippen molar-refractivity contribution in [3.63, 3.8) is 0 Å². The van der Waals surface area contributed by atoms with Crippen LogP contribution in [0.5, 0.6) is 0 Å². The van der Waals surface area contributed by atoms with Crippen LogP contribution in [0.25, 0.3) is 0 Å². The number of halogens is 1. The highest BCUT2D eigenvalue weighted by atomic mass is 79.9. The van der Waals surface area contributed by atoms with Crippen LogP contribution >= 0.6 is 27.3 Å². The van der Waals surface area contributed by atoms with Gasteiger partial charge in [-0.05, 0) is 46.3 Å². The van der Waals surface area contributed by atoms with Gasteiger partial charge >= 0.3 is 5.97 Å². The maximum Gasteiger partial charge on any atom is 0.309 e. The van der Waals surface area contributed by atoms with E-state index < -0.39 is 23.4 Å². The van der Waals surface area contributed by atoms with E-state index in [1.54, 1.807) is 11.0 Å². The Balaban J connectivity index is 1.44. The second-order valence-electron chi connectivity index (χ2n) is 6.62. The summed E-state index contributed by atoms with van der Waals surface area (Å²) in [5.74, 6) is -1.43. The molecule has 2 amide bonds. The standard InChI is InChI=1S/C19H18BrN3O6S/c20-14-10-13(23(27)28)3-4-15(14)21-17(24)11-29-19(26)12-5-7-22(8-6-12)18(25)16-2-1-9-30-16/h1-4,9-10,12H,5-8,11H2,(H,21,24). The van der Waals surface area contributed by atoms with Gasteiger partial charge in [0.15, 0.2) is 6.61 Å². The molecule has 0 unspecified atom stereocenters. The average molecular weight is 496 g/mol. The van der Waals surface area contributed by atoms with Gasteiger partial charge in [-0.25, -0.2) is 0 Å². The number of thiophene rings is 1. The number of rotatable bonds is 6. The van der Waals surface area contributed by atoms with Crippen LogP contribution < -0.4 is 5.32 Å². The fourth-order valence-electron chi connectivity index (χ4n) is 3.03. The third-order valence-electron chi connectivity index (χ3n) is 4.63. The zero-order chi connectivity index (χ0) is 21.7. The van der Waals surface area contributed by atoms with Crippen LogP contribution in [-0.4, -0.2) is 47.3 Å². The second kappa shape index (κ2) is 9.81. The van der Waals surface area contributed by atoms with Crippen molar-refractivity contribution in [3.8, 4) is 0 Å². The normalized spacial score (nSPS) is 14.2. The van der Waals surface area contributed by atoms with E-state index in [4.69, 9.17) is 4.74 Å². The van der Waals surface area contributed by atoms with Crippen LogP contribution in [0.1, 0.15) is 22.5 Å². The molecule has 1 fully saturated rings. The highest BCUT2D eigenvalue weighted by Crippen LogP contribution is 2.27. The van der Waals surface area contributed by atoms with E-state index >= 15 is 0 Å². The molecule has 0 bridgehead atoms. The van der Waals surface area contributed by atoms with Gasteiger partial charge in [-0.15, -0.1) is 11.3 Å². The summed E-state index contributed by atoms with van der Waals surface area (Å²) in [6, 6.07) is 7.52. The van der Waals surface area contributed by atoms with Gasteiger partial charge in [0, 0.05) is 29.7 Å². The molecule has 1 saturated heterocycles. The van der Waals surface area contributed by atoms with Gasteiger partial charge < -0.3 is 15.0 Å². The molecule has 0 spiro atoms. The first-order valence-corrected chi connectivity index (χ1v) is 10.8. The number of esters is 1. The minimum Gasteiger partial charge on any atom is -0.455 e. The number of nitrogens with one attached hydrogen (secondary N) is 1. The Hall–Kier alpha value is -2.79. The lowest BCUT2D eigenvalue weighted by atomic mass is 9.97. The number of amides is 2. The van der Waals surface area contributed by atoms with Gasteiger partial charge in [0.1, 0.15) is 0 Å². The SMILES string of the molecule is O=C(COC(=O)C1CCN(C(=O)c2cccs2)CC1)Nc1ccc([N+](=O)[O-])cc1Br. The molecule has 1 aromatic heterocycles. The van der Waals surface area contributed by atoms with Crippen molar-refractivity contribution in [2.24, 2.45) is 5.92 Å². The first-order valence-electron chi connectivity index (χ1n) is 9.08. The summed E-state index contributed by atoms with van der Waals surface area (Å²) >= 11 is 4.54. The largest absolute Gasteiger partial charge is 0.455 e. The smallest absolute Gasteiger partial charge is 0.309 e. The van der Waals surface area contributed by atoms with Gasteiger partial charge in [0.2, 0.25) is 0 Å². The average Bonchev–Trinajstić information content (AvgIpc) is 3.28. The summed E-state index contributed by atoms with van der Waals surface area (Å²) in [6.45, 7) is 0.452. The van der Waals surface area contributed by atoms with E-state index in [0.29, 0.717) is 41.0 Å². The molecule has 1 aliphatic rings. The molecule has 158 valence electrons. The number of likely N-dealkylation sites (tertiary alicyclic amines) is 1. The minimum atomic E-state index is -0.553. The number of carbonyl (C=O) groups is 3. The number of anilines is 1. The van der Waals surface area contributed by atoms with Gasteiger partial charge in [0.25, 0.3) is 17.5 Å². The van der Waals surface area contributed by atoms with E-state index in [-0.39, 0.29) is 17.5 Å².